The normalized spacial score (nSPS) is 16.5. The smallest absolute Gasteiger partial charge is 0.408 e. The first-order valence-electron chi connectivity index (χ1n) is 10.2. The fourth-order valence-electron chi connectivity index (χ4n) is 3.77. The molecule has 160 valence electrons. The van der Waals surface area contributed by atoms with E-state index in [4.69, 9.17) is 14.9 Å². The summed E-state index contributed by atoms with van der Waals surface area (Å²) < 4.78 is 11.9. The number of nitriles is 1. The molecule has 3 aromatic rings. The van der Waals surface area contributed by atoms with Crippen molar-refractivity contribution in [2.24, 2.45) is 12.8 Å². The van der Waals surface area contributed by atoms with Gasteiger partial charge in [0.05, 0.1) is 17.1 Å². The minimum absolute atomic E-state index is 0.307. The van der Waals surface area contributed by atoms with E-state index in [1.807, 2.05) is 36.4 Å². The Balaban J connectivity index is 1.46. The third-order valence-electron chi connectivity index (χ3n) is 5.82. The molecule has 1 aromatic heterocycles. The van der Waals surface area contributed by atoms with E-state index in [-0.39, 0.29) is 5.91 Å². The van der Waals surface area contributed by atoms with Gasteiger partial charge in [-0.1, -0.05) is 30.3 Å². The Kier molecular flexibility index (Phi) is 5.63. The number of carbonyl (C=O) groups is 1. The average Bonchev–Trinajstić information content (AvgIpc) is 3.07. The van der Waals surface area contributed by atoms with Gasteiger partial charge in [0, 0.05) is 26.7 Å². The zero-order valence-electron chi connectivity index (χ0n) is 17.3. The molecule has 0 radical (unpaired) electrons. The molecule has 1 aliphatic rings. The lowest BCUT2D eigenvalue weighted by Crippen LogP contribution is -2.58. The van der Waals surface area contributed by atoms with Crippen LogP contribution in [0.5, 0.6) is 0 Å². The van der Waals surface area contributed by atoms with Gasteiger partial charge in [-0.3, -0.25) is 9.36 Å². The highest BCUT2D eigenvalue weighted by molar-refractivity contribution is 5.86. The maximum atomic E-state index is 12.6. The zero-order valence-corrected chi connectivity index (χ0v) is 17.3. The van der Waals surface area contributed by atoms with Gasteiger partial charge in [-0.25, -0.2) is 4.79 Å². The molecule has 8 nitrogen and oxygen atoms in total. The highest BCUT2D eigenvalue weighted by Gasteiger charge is 2.36. The molecule has 0 spiro atoms. The number of amides is 1. The summed E-state index contributed by atoms with van der Waals surface area (Å²) in [5, 5.41) is 12.3. The van der Waals surface area contributed by atoms with Crippen LogP contribution in [0.2, 0.25) is 0 Å². The van der Waals surface area contributed by atoms with Gasteiger partial charge >= 0.3 is 5.76 Å². The minimum atomic E-state index is -0.983. The summed E-state index contributed by atoms with van der Waals surface area (Å²) in [6.45, 7) is 0.892. The molecule has 1 saturated heterocycles. The van der Waals surface area contributed by atoms with Gasteiger partial charge in [-0.15, -0.1) is 0 Å². The van der Waals surface area contributed by atoms with E-state index in [1.165, 1.54) is 4.57 Å². The van der Waals surface area contributed by atoms with Crippen molar-refractivity contribution in [1.82, 2.24) is 9.88 Å². The first-order valence-corrected chi connectivity index (χ1v) is 10.2. The van der Waals surface area contributed by atoms with Crippen molar-refractivity contribution in [1.29, 1.82) is 5.26 Å². The Morgan fingerprint density at radius 2 is 1.90 bits per heavy atom. The van der Waals surface area contributed by atoms with Crippen molar-refractivity contribution >= 4 is 17.0 Å². The predicted octanol–water partition coefficient (Wildman–Crippen LogP) is 1.86. The Bertz CT molecular complexity index is 1200. The number of rotatable bonds is 5. The lowest BCUT2D eigenvalue weighted by molar-refractivity contribution is -0.130. The number of aromatic nitrogens is 1. The van der Waals surface area contributed by atoms with Gasteiger partial charge in [0.15, 0.2) is 5.58 Å². The van der Waals surface area contributed by atoms with Crippen LogP contribution in [0.1, 0.15) is 18.4 Å². The summed E-state index contributed by atoms with van der Waals surface area (Å²) in [6, 6.07) is 14.8. The number of nitrogens with two attached hydrogens (primary N) is 1. The van der Waals surface area contributed by atoms with E-state index >= 15 is 0 Å². The number of hydrogen-bond donors (Lipinski definition) is 2. The van der Waals surface area contributed by atoms with Crippen LogP contribution in [0.25, 0.3) is 22.2 Å². The number of aryl methyl sites for hydroxylation is 1. The second-order valence-electron chi connectivity index (χ2n) is 7.93. The topological polar surface area (TPSA) is 123 Å². The highest BCUT2D eigenvalue weighted by atomic mass is 16.5. The molecule has 0 bridgehead atoms. The Morgan fingerprint density at radius 1 is 1.23 bits per heavy atom. The average molecular weight is 420 g/mol. The number of carbonyl (C=O) groups excluding carboxylic acids is 1. The first-order chi connectivity index (χ1) is 14.9. The number of oxazole rings is 1. The van der Waals surface area contributed by atoms with Crippen molar-refractivity contribution < 1.29 is 13.9 Å². The van der Waals surface area contributed by atoms with Crippen LogP contribution in [-0.2, 0) is 23.0 Å². The van der Waals surface area contributed by atoms with Gasteiger partial charge in [0.25, 0.3) is 0 Å². The lowest BCUT2D eigenvalue weighted by atomic mass is 9.90. The van der Waals surface area contributed by atoms with Crippen molar-refractivity contribution in [3.63, 3.8) is 0 Å². The van der Waals surface area contributed by atoms with E-state index in [0.717, 1.165) is 22.2 Å². The van der Waals surface area contributed by atoms with Crippen LogP contribution >= 0.6 is 0 Å². The number of fused-ring (bicyclic) bond motifs is 1. The van der Waals surface area contributed by atoms with Crippen molar-refractivity contribution in [2.75, 3.05) is 13.2 Å². The van der Waals surface area contributed by atoms with Crippen LogP contribution in [0, 0.1) is 11.3 Å². The van der Waals surface area contributed by atoms with Crippen LogP contribution in [0.3, 0.4) is 0 Å². The lowest BCUT2D eigenvalue weighted by Gasteiger charge is -2.32. The van der Waals surface area contributed by atoms with Gasteiger partial charge in [-0.2, -0.15) is 5.26 Å². The number of nitrogens with one attached hydrogen (secondary N) is 1. The standard InChI is InChI=1S/C23H24N4O4/c1-27-19-13-17(6-7-20(19)31-22(27)29)16-4-2-15(3-5-16)12-18(14-24)26-21(28)23(25)8-10-30-11-9-23/h2-7,13,18H,8-12,25H2,1H3,(H,26,28). The fraction of sp³-hybridized carbons (Fsp3) is 0.348. The molecular formula is C23H24N4O4. The van der Waals surface area contributed by atoms with Crippen molar-refractivity contribution in [2.45, 2.75) is 30.8 Å². The summed E-state index contributed by atoms with van der Waals surface area (Å²) in [5.41, 5.74) is 9.33. The summed E-state index contributed by atoms with van der Waals surface area (Å²) in [6.07, 6.45) is 1.26. The molecule has 1 aliphatic heterocycles. The molecular weight excluding hydrogens is 396 g/mol. The van der Waals surface area contributed by atoms with Gasteiger partial charge in [0.1, 0.15) is 6.04 Å². The van der Waals surface area contributed by atoms with E-state index < -0.39 is 17.3 Å². The molecule has 0 aliphatic carbocycles. The third-order valence-corrected chi connectivity index (χ3v) is 5.82. The predicted molar refractivity (Wildman–Crippen MR) is 115 cm³/mol. The summed E-state index contributed by atoms with van der Waals surface area (Å²) >= 11 is 0. The molecule has 1 unspecified atom stereocenters. The summed E-state index contributed by atoms with van der Waals surface area (Å²) in [4.78, 5) is 24.3. The summed E-state index contributed by atoms with van der Waals surface area (Å²) in [5.74, 6) is -0.704. The SMILES string of the molecule is Cn1c(=O)oc2ccc(-c3ccc(CC(C#N)NC(=O)C4(N)CCOCC4)cc3)cc21. The Morgan fingerprint density at radius 3 is 2.58 bits per heavy atom. The van der Waals surface area contributed by atoms with E-state index in [1.54, 1.807) is 13.1 Å². The quantitative estimate of drug-likeness (QED) is 0.649. The fourth-order valence-corrected chi connectivity index (χ4v) is 3.77. The maximum Gasteiger partial charge on any atom is 0.419 e. The molecule has 31 heavy (non-hydrogen) atoms. The van der Waals surface area contributed by atoms with Gasteiger partial charge < -0.3 is 20.2 Å². The van der Waals surface area contributed by atoms with Crippen molar-refractivity contribution in [3.8, 4) is 17.2 Å². The monoisotopic (exact) mass is 420 g/mol. The third kappa shape index (κ3) is 4.24. The van der Waals surface area contributed by atoms with Crippen LogP contribution in [0.4, 0.5) is 0 Å². The Labute approximate surface area is 179 Å². The largest absolute Gasteiger partial charge is 0.419 e. The molecule has 8 heteroatoms. The van der Waals surface area contributed by atoms with Gasteiger partial charge in [0.2, 0.25) is 5.91 Å². The van der Waals surface area contributed by atoms with Crippen LogP contribution in [-0.4, -0.2) is 35.3 Å². The van der Waals surface area contributed by atoms with Crippen LogP contribution < -0.4 is 16.8 Å². The van der Waals surface area contributed by atoms with Gasteiger partial charge in [-0.05, 0) is 41.7 Å². The van der Waals surface area contributed by atoms with E-state index in [0.29, 0.717) is 38.1 Å². The minimum Gasteiger partial charge on any atom is -0.408 e. The molecule has 3 N–H and O–H groups in total. The highest BCUT2D eigenvalue weighted by Crippen LogP contribution is 2.25. The molecule has 1 atom stereocenters. The van der Waals surface area contributed by atoms with Crippen molar-refractivity contribution in [3.05, 3.63) is 58.6 Å². The maximum absolute atomic E-state index is 12.6. The molecule has 2 heterocycles. The Hall–Kier alpha value is -3.41. The molecule has 0 saturated carbocycles. The molecule has 1 amide bonds. The summed E-state index contributed by atoms with van der Waals surface area (Å²) in [7, 11) is 1.67. The van der Waals surface area contributed by atoms with Crippen LogP contribution in [0.15, 0.2) is 51.7 Å². The van der Waals surface area contributed by atoms with E-state index in [2.05, 4.69) is 11.4 Å². The molecule has 4 rings (SSSR count). The van der Waals surface area contributed by atoms with E-state index in [9.17, 15) is 14.9 Å². The molecule has 1 fully saturated rings. The second kappa shape index (κ2) is 8.38. The number of benzene rings is 2. The number of nitrogens with zero attached hydrogens (tertiary/aromatic N) is 2. The zero-order chi connectivity index (χ0) is 22.0. The second-order valence-corrected chi connectivity index (χ2v) is 7.93. The number of ether oxygens (including phenoxy) is 1. The molecule has 2 aromatic carbocycles. The first kappa shape index (κ1) is 20.8. The number of hydrogen-bond acceptors (Lipinski definition) is 6.